The highest BCUT2D eigenvalue weighted by molar-refractivity contribution is 5.34. The molecule has 1 unspecified atom stereocenters. The van der Waals surface area contributed by atoms with Crippen LogP contribution >= 0.6 is 0 Å². The maximum absolute atomic E-state index is 5.93. The molecule has 1 atom stereocenters. The third-order valence-corrected chi connectivity index (χ3v) is 4.43. The second-order valence-corrected chi connectivity index (χ2v) is 5.90. The Kier molecular flexibility index (Phi) is 4.26. The van der Waals surface area contributed by atoms with Gasteiger partial charge in [0.15, 0.2) is 0 Å². The predicted octanol–water partition coefficient (Wildman–Crippen LogP) is 4.55. The number of para-hydroxylation sites is 1. The van der Waals surface area contributed by atoms with E-state index in [0.29, 0.717) is 0 Å². The molecule has 0 amide bonds. The molecule has 1 saturated heterocycles. The van der Waals surface area contributed by atoms with Crippen molar-refractivity contribution in [2.75, 3.05) is 6.54 Å². The molecular weight excluding hydrogens is 258 g/mol. The van der Waals surface area contributed by atoms with Crippen LogP contribution < -0.4 is 10.1 Å². The number of benzene rings is 2. The van der Waals surface area contributed by atoms with Crippen molar-refractivity contribution in [3.8, 4) is 11.5 Å². The molecule has 1 aliphatic heterocycles. The Morgan fingerprint density at radius 3 is 2.57 bits per heavy atom. The molecule has 2 heteroatoms. The smallest absolute Gasteiger partial charge is 0.127 e. The molecule has 0 aromatic heterocycles. The summed E-state index contributed by atoms with van der Waals surface area (Å²) in [6.45, 7) is 3.43. The van der Waals surface area contributed by atoms with Gasteiger partial charge in [0.05, 0.1) is 0 Å². The average molecular weight is 281 g/mol. The van der Waals surface area contributed by atoms with E-state index in [1.54, 1.807) is 0 Å². The van der Waals surface area contributed by atoms with Crippen LogP contribution in [-0.4, -0.2) is 12.1 Å². The first-order valence-electron chi connectivity index (χ1n) is 7.87. The lowest BCUT2D eigenvalue weighted by atomic mass is 9.87. The highest BCUT2D eigenvalue weighted by Crippen LogP contribution is 2.29. The van der Waals surface area contributed by atoms with Gasteiger partial charge in [-0.2, -0.15) is 0 Å². The average Bonchev–Trinajstić information content (AvgIpc) is 2.98. The van der Waals surface area contributed by atoms with Gasteiger partial charge < -0.3 is 10.1 Å². The molecule has 21 heavy (non-hydrogen) atoms. The standard InChI is InChI=1S/C19H23NO/c1-2-19(12-7-13-20-19)15-16-8-6-11-18(14-16)21-17-9-4-3-5-10-17/h3-6,8-11,14,20H,2,7,12-13,15H2,1H3. The van der Waals surface area contributed by atoms with Crippen molar-refractivity contribution >= 4 is 0 Å². The second-order valence-electron chi connectivity index (χ2n) is 5.90. The minimum Gasteiger partial charge on any atom is -0.457 e. The molecule has 0 radical (unpaired) electrons. The highest BCUT2D eigenvalue weighted by Gasteiger charge is 2.31. The molecule has 0 saturated carbocycles. The second kappa shape index (κ2) is 6.31. The van der Waals surface area contributed by atoms with Gasteiger partial charge in [0.2, 0.25) is 0 Å². The van der Waals surface area contributed by atoms with Crippen molar-refractivity contribution < 1.29 is 4.74 Å². The van der Waals surface area contributed by atoms with Gasteiger partial charge in [0.25, 0.3) is 0 Å². The molecule has 0 bridgehead atoms. The number of hydrogen-bond acceptors (Lipinski definition) is 2. The van der Waals surface area contributed by atoms with Crippen LogP contribution in [-0.2, 0) is 6.42 Å². The van der Waals surface area contributed by atoms with Gasteiger partial charge in [-0.3, -0.25) is 0 Å². The molecule has 0 aliphatic carbocycles. The van der Waals surface area contributed by atoms with Crippen LogP contribution in [0.2, 0.25) is 0 Å². The molecule has 1 N–H and O–H groups in total. The van der Waals surface area contributed by atoms with Crippen LogP contribution in [0.15, 0.2) is 54.6 Å². The highest BCUT2D eigenvalue weighted by atomic mass is 16.5. The molecule has 2 aromatic carbocycles. The van der Waals surface area contributed by atoms with Gasteiger partial charge >= 0.3 is 0 Å². The Balaban J connectivity index is 1.74. The van der Waals surface area contributed by atoms with Gasteiger partial charge in [-0.05, 0) is 62.1 Å². The van der Waals surface area contributed by atoms with Crippen LogP contribution in [0.1, 0.15) is 31.7 Å². The maximum Gasteiger partial charge on any atom is 0.127 e. The lowest BCUT2D eigenvalue weighted by Crippen LogP contribution is -2.41. The van der Waals surface area contributed by atoms with Gasteiger partial charge in [-0.15, -0.1) is 0 Å². The van der Waals surface area contributed by atoms with E-state index in [1.165, 1.54) is 24.8 Å². The van der Waals surface area contributed by atoms with Crippen molar-refractivity contribution in [1.82, 2.24) is 5.32 Å². The van der Waals surface area contributed by atoms with Crippen molar-refractivity contribution in [1.29, 1.82) is 0 Å². The van der Waals surface area contributed by atoms with Crippen molar-refractivity contribution in [2.24, 2.45) is 0 Å². The fourth-order valence-corrected chi connectivity index (χ4v) is 3.18. The van der Waals surface area contributed by atoms with E-state index in [9.17, 15) is 0 Å². The monoisotopic (exact) mass is 281 g/mol. The van der Waals surface area contributed by atoms with Gasteiger partial charge in [-0.25, -0.2) is 0 Å². The van der Waals surface area contributed by atoms with E-state index in [4.69, 9.17) is 4.74 Å². The molecular formula is C19H23NO. The molecule has 3 rings (SSSR count). The number of ether oxygens (including phenoxy) is 1. The van der Waals surface area contributed by atoms with Crippen molar-refractivity contribution in [3.63, 3.8) is 0 Å². The van der Waals surface area contributed by atoms with E-state index in [1.807, 2.05) is 36.4 Å². The van der Waals surface area contributed by atoms with Crippen molar-refractivity contribution in [2.45, 2.75) is 38.1 Å². The summed E-state index contributed by atoms with van der Waals surface area (Å²) in [5, 5.41) is 3.70. The van der Waals surface area contributed by atoms with Crippen LogP contribution in [0, 0.1) is 0 Å². The zero-order chi connectivity index (χ0) is 14.5. The molecule has 1 fully saturated rings. The minimum atomic E-state index is 0.283. The Labute approximate surface area is 127 Å². The Hall–Kier alpha value is -1.80. The van der Waals surface area contributed by atoms with E-state index < -0.39 is 0 Å². The SMILES string of the molecule is CCC1(Cc2cccc(Oc3ccccc3)c2)CCCN1. The predicted molar refractivity (Wildman–Crippen MR) is 86.9 cm³/mol. The van der Waals surface area contributed by atoms with Gasteiger partial charge in [0.1, 0.15) is 11.5 Å². The first-order valence-corrected chi connectivity index (χ1v) is 7.87. The van der Waals surface area contributed by atoms with Crippen LogP contribution in [0.4, 0.5) is 0 Å². The Bertz CT molecular complexity index is 573. The lowest BCUT2D eigenvalue weighted by Gasteiger charge is -2.28. The lowest BCUT2D eigenvalue weighted by molar-refractivity contribution is 0.359. The van der Waals surface area contributed by atoms with E-state index in [-0.39, 0.29) is 5.54 Å². The first kappa shape index (κ1) is 14.2. The first-order chi connectivity index (χ1) is 10.3. The fourth-order valence-electron chi connectivity index (χ4n) is 3.18. The largest absolute Gasteiger partial charge is 0.457 e. The summed E-state index contributed by atoms with van der Waals surface area (Å²) in [6.07, 6.45) is 4.81. The van der Waals surface area contributed by atoms with Gasteiger partial charge in [-0.1, -0.05) is 37.3 Å². The summed E-state index contributed by atoms with van der Waals surface area (Å²) in [4.78, 5) is 0. The van der Waals surface area contributed by atoms with E-state index in [0.717, 1.165) is 24.5 Å². The minimum absolute atomic E-state index is 0.283. The molecule has 1 heterocycles. The maximum atomic E-state index is 5.93. The molecule has 0 spiro atoms. The fraction of sp³-hybridized carbons (Fsp3) is 0.368. The quantitative estimate of drug-likeness (QED) is 0.868. The summed E-state index contributed by atoms with van der Waals surface area (Å²) in [7, 11) is 0. The number of nitrogens with one attached hydrogen (secondary N) is 1. The third-order valence-electron chi connectivity index (χ3n) is 4.43. The Morgan fingerprint density at radius 1 is 1.05 bits per heavy atom. The molecule has 1 aliphatic rings. The summed E-state index contributed by atoms with van der Waals surface area (Å²) >= 11 is 0. The number of rotatable bonds is 5. The van der Waals surface area contributed by atoms with E-state index in [2.05, 4.69) is 30.4 Å². The zero-order valence-corrected chi connectivity index (χ0v) is 12.6. The molecule has 2 aromatic rings. The van der Waals surface area contributed by atoms with Crippen LogP contribution in [0.3, 0.4) is 0 Å². The van der Waals surface area contributed by atoms with Crippen LogP contribution in [0.5, 0.6) is 11.5 Å². The van der Waals surface area contributed by atoms with Gasteiger partial charge in [0, 0.05) is 5.54 Å². The topological polar surface area (TPSA) is 21.3 Å². The summed E-state index contributed by atoms with van der Waals surface area (Å²) in [5.41, 5.74) is 1.63. The summed E-state index contributed by atoms with van der Waals surface area (Å²) in [6, 6.07) is 18.4. The summed E-state index contributed by atoms with van der Waals surface area (Å²) < 4.78 is 5.93. The van der Waals surface area contributed by atoms with Crippen molar-refractivity contribution in [3.05, 3.63) is 60.2 Å². The Morgan fingerprint density at radius 2 is 1.86 bits per heavy atom. The third kappa shape index (κ3) is 3.45. The van der Waals surface area contributed by atoms with Crippen LogP contribution in [0.25, 0.3) is 0 Å². The summed E-state index contributed by atoms with van der Waals surface area (Å²) in [5.74, 6) is 1.81. The zero-order valence-electron chi connectivity index (χ0n) is 12.6. The normalized spacial score (nSPS) is 21.4. The molecule has 2 nitrogen and oxygen atoms in total. The number of hydrogen-bond donors (Lipinski definition) is 1. The van der Waals surface area contributed by atoms with E-state index >= 15 is 0 Å². The molecule has 110 valence electrons.